The summed E-state index contributed by atoms with van der Waals surface area (Å²) in [6, 6.07) is 3.42. The third-order valence-corrected chi connectivity index (χ3v) is 6.68. The van der Waals surface area contributed by atoms with Crippen LogP contribution in [0.2, 0.25) is 0 Å². The molecule has 8 heteroatoms. The van der Waals surface area contributed by atoms with Crippen LogP contribution in [-0.4, -0.2) is 62.0 Å². The summed E-state index contributed by atoms with van der Waals surface area (Å²) in [7, 11) is 3.30. The number of carboxylic acids is 1. The molecule has 2 N–H and O–H groups in total. The van der Waals surface area contributed by atoms with E-state index < -0.39 is 18.1 Å². The van der Waals surface area contributed by atoms with E-state index in [0.29, 0.717) is 11.8 Å². The topological polar surface area (TPSA) is 97.3 Å². The Morgan fingerprint density at radius 1 is 1.16 bits per heavy atom. The Bertz CT molecular complexity index is 827. The summed E-state index contributed by atoms with van der Waals surface area (Å²) >= 11 is 0. The molecule has 3 rings (SSSR count). The van der Waals surface area contributed by atoms with Gasteiger partial charge in [-0.1, -0.05) is 13.8 Å². The number of rotatable bonds is 8. The number of methoxy groups -OCH3 is 2. The number of piperidine rings is 1. The van der Waals surface area contributed by atoms with Crippen molar-refractivity contribution >= 4 is 12.1 Å². The first-order valence-corrected chi connectivity index (χ1v) is 11.4. The minimum Gasteiger partial charge on any atom is -0.493 e. The second-order valence-electron chi connectivity index (χ2n) is 9.35. The molecule has 0 spiro atoms. The van der Waals surface area contributed by atoms with Crippen molar-refractivity contribution in [2.24, 2.45) is 17.8 Å². The average molecular weight is 449 g/mol. The van der Waals surface area contributed by atoms with Gasteiger partial charge < -0.3 is 24.6 Å². The van der Waals surface area contributed by atoms with Crippen LogP contribution in [-0.2, 0) is 16.0 Å². The number of carboxylic acid groups (broad SMARTS) is 1. The summed E-state index contributed by atoms with van der Waals surface area (Å²) in [6.07, 6.45) is 2.23. The van der Waals surface area contributed by atoms with Crippen molar-refractivity contribution in [2.75, 3.05) is 33.9 Å². The fraction of sp³-hybridized carbons (Fsp3) is 0.667. The molecule has 4 atom stereocenters. The van der Waals surface area contributed by atoms with Gasteiger partial charge in [-0.3, -0.25) is 9.69 Å². The third-order valence-electron chi connectivity index (χ3n) is 6.68. The van der Waals surface area contributed by atoms with Crippen LogP contribution in [0.5, 0.6) is 11.5 Å². The Kier molecular flexibility index (Phi) is 7.87. The first kappa shape index (κ1) is 24.2. The van der Waals surface area contributed by atoms with E-state index >= 15 is 0 Å². The minimum absolute atomic E-state index is 0.198. The van der Waals surface area contributed by atoms with Crippen molar-refractivity contribution in [1.82, 2.24) is 10.2 Å². The van der Waals surface area contributed by atoms with Crippen LogP contribution in [0.25, 0.3) is 0 Å². The molecule has 1 unspecified atom stereocenters. The number of benzene rings is 1. The molecule has 178 valence electrons. The Labute approximate surface area is 190 Å². The van der Waals surface area contributed by atoms with Crippen LogP contribution in [0.4, 0.5) is 4.79 Å². The van der Waals surface area contributed by atoms with Crippen LogP contribution < -0.4 is 14.8 Å². The lowest BCUT2D eigenvalue weighted by atomic mass is 9.74. The molecule has 32 heavy (non-hydrogen) atoms. The summed E-state index contributed by atoms with van der Waals surface area (Å²) in [5.41, 5.74) is 2.53. The number of nitrogens with zero attached hydrogens (tertiary/aromatic N) is 1. The molecular formula is C24H36N2O6. The lowest BCUT2D eigenvalue weighted by molar-refractivity contribution is -0.138. The second-order valence-corrected chi connectivity index (χ2v) is 9.35. The Morgan fingerprint density at radius 2 is 1.84 bits per heavy atom. The Balaban J connectivity index is 1.78. The lowest BCUT2D eigenvalue weighted by Gasteiger charge is -2.47. The Hall–Kier alpha value is -2.48. The van der Waals surface area contributed by atoms with E-state index in [1.807, 2.05) is 0 Å². The maximum Gasteiger partial charge on any atom is 0.407 e. The number of amides is 1. The van der Waals surface area contributed by atoms with Gasteiger partial charge in [0.25, 0.3) is 0 Å². The van der Waals surface area contributed by atoms with Gasteiger partial charge in [0.15, 0.2) is 11.5 Å². The van der Waals surface area contributed by atoms with E-state index in [9.17, 15) is 9.59 Å². The zero-order valence-corrected chi connectivity index (χ0v) is 19.7. The molecule has 2 aliphatic heterocycles. The van der Waals surface area contributed by atoms with Gasteiger partial charge in [-0.25, -0.2) is 4.79 Å². The van der Waals surface area contributed by atoms with Crippen molar-refractivity contribution in [2.45, 2.75) is 52.1 Å². The van der Waals surface area contributed by atoms with Gasteiger partial charge in [-0.2, -0.15) is 0 Å². The highest BCUT2D eigenvalue weighted by molar-refractivity contribution is 5.79. The molecule has 1 saturated heterocycles. The molecule has 8 nitrogen and oxygen atoms in total. The van der Waals surface area contributed by atoms with Crippen LogP contribution >= 0.6 is 0 Å². The molecule has 0 radical (unpaired) electrons. The molecule has 0 aliphatic carbocycles. The van der Waals surface area contributed by atoms with Gasteiger partial charge in [-0.15, -0.1) is 0 Å². The number of fused-ring (bicyclic) bond motifs is 3. The number of aliphatic carboxylic acids is 1. The monoisotopic (exact) mass is 448 g/mol. The molecule has 1 fully saturated rings. The summed E-state index contributed by atoms with van der Waals surface area (Å²) in [6.45, 7) is 8.08. The molecule has 1 aromatic rings. The molecular weight excluding hydrogens is 412 g/mol. The summed E-state index contributed by atoms with van der Waals surface area (Å²) < 4.78 is 16.5. The van der Waals surface area contributed by atoms with E-state index in [2.05, 4.69) is 36.2 Å². The van der Waals surface area contributed by atoms with Gasteiger partial charge in [0.2, 0.25) is 0 Å². The number of carbonyl (C=O) groups excluding carboxylic acids is 1. The van der Waals surface area contributed by atoms with Crippen molar-refractivity contribution in [1.29, 1.82) is 0 Å². The molecule has 0 bridgehead atoms. The summed E-state index contributed by atoms with van der Waals surface area (Å²) in [4.78, 5) is 25.7. The maximum absolute atomic E-state index is 12.1. The first-order chi connectivity index (χ1) is 15.2. The number of nitrogens with one attached hydrogen (secondary N) is 1. The Morgan fingerprint density at radius 3 is 2.47 bits per heavy atom. The SMILES string of the molecule is COc1cc2c(cc1OC)[C@H]1C[C@@H](COC(=O)NC(C)C(=O)O)[C@H](CC(C)C)CN1CC2. The largest absolute Gasteiger partial charge is 0.493 e. The normalized spacial score (nSPS) is 23.6. The third kappa shape index (κ3) is 5.46. The van der Waals surface area contributed by atoms with E-state index in [-0.39, 0.29) is 18.6 Å². The van der Waals surface area contributed by atoms with Gasteiger partial charge in [-0.05, 0) is 67.2 Å². The fourth-order valence-corrected chi connectivity index (χ4v) is 5.04. The van der Waals surface area contributed by atoms with Crippen molar-refractivity contribution in [3.63, 3.8) is 0 Å². The average Bonchev–Trinajstić information content (AvgIpc) is 2.75. The molecule has 1 amide bonds. The minimum atomic E-state index is -1.09. The van der Waals surface area contributed by atoms with E-state index in [1.54, 1.807) is 14.2 Å². The predicted molar refractivity (Wildman–Crippen MR) is 120 cm³/mol. The lowest BCUT2D eigenvalue weighted by Crippen LogP contribution is -2.48. The summed E-state index contributed by atoms with van der Waals surface area (Å²) in [5, 5.41) is 11.4. The van der Waals surface area contributed by atoms with E-state index in [0.717, 1.165) is 43.9 Å². The van der Waals surface area contributed by atoms with Crippen LogP contribution in [0.1, 0.15) is 50.8 Å². The van der Waals surface area contributed by atoms with Gasteiger partial charge in [0, 0.05) is 19.1 Å². The number of hydrogen-bond donors (Lipinski definition) is 2. The zero-order chi connectivity index (χ0) is 23.4. The smallest absolute Gasteiger partial charge is 0.407 e. The molecule has 0 saturated carbocycles. The molecule has 1 aromatic carbocycles. The zero-order valence-electron chi connectivity index (χ0n) is 19.7. The van der Waals surface area contributed by atoms with Gasteiger partial charge in [0.05, 0.1) is 20.8 Å². The van der Waals surface area contributed by atoms with E-state index in [4.69, 9.17) is 19.3 Å². The van der Waals surface area contributed by atoms with Crippen molar-refractivity contribution < 1.29 is 28.9 Å². The quantitative estimate of drug-likeness (QED) is 0.628. The highest BCUT2D eigenvalue weighted by Crippen LogP contribution is 2.45. The highest BCUT2D eigenvalue weighted by Gasteiger charge is 2.40. The van der Waals surface area contributed by atoms with Crippen LogP contribution in [0.3, 0.4) is 0 Å². The predicted octanol–water partition coefficient (Wildman–Crippen LogP) is 3.48. The van der Waals surface area contributed by atoms with Crippen molar-refractivity contribution in [3.8, 4) is 11.5 Å². The van der Waals surface area contributed by atoms with Crippen LogP contribution in [0, 0.1) is 17.8 Å². The van der Waals surface area contributed by atoms with Crippen LogP contribution in [0.15, 0.2) is 12.1 Å². The second kappa shape index (κ2) is 10.4. The highest BCUT2D eigenvalue weighted by atomic mass is 16.5. The number of ether oxygens (including phenoxy) is 3. The molecule has 2 aliphatic rings. The van der Waals surface area contributed by atoms with Crippen molar-refractivity contribution in [3.05, 3.63) is 23.3 Å². The summed E-state index contributed by atoms with van der Waals surface area (Å²) in [5.74, 6) is 1.54. The standard InChI is InChI=1S/C24H36N2O6/c1-14(2)8-17-12-26-7-6-16-10-21(30-4)22(31-5)11-19(16)20(26)9-18(17)13-32-24(29)25-15(3)23(27)28/h10-11,14-15,17-18,20H,6-9,12-13H2,1-5H3,(H,25,29)(H,27,28)/t15?,17-,18+,20-/m1/s1. The molecule has 0 aromatic heterocycles. The first-order valence-electron chi connectivity index (χ1n) is 11.4. The van der Waals surface area contributed by atoms with Gasteiger partial charge >= 0.3 is 12.1 Å². The maximum atomic E-state index is 12.1. The fourth-order valence-electron chi connectivity index (χ4n) is 5.04. The van der Waals surface area contributed by atoms with Gasteiger partial charge in [0.1, 0.15) is 6.04 Å². The number of alkyl carbamates (subject to hydrolysis) is 1. The molecule has 2 heterocycles. The van der Waals surface area contributed by atoms with E-state index in [1.165, 1.54) is 18.1 Å². The number of hydrogen-bond acceptors (Lipinski definition) is 6. The number of carbonyl (C=O) groups is 2.